The molecule has 1 unspecified atom stereocenters. The van der Waals surface area contributed by atoms with Crippen LogP contribution < -0.4 is 5.32 Å². The van der Waals surface area contributed by atoms with Gasteiger partial charge in [-0.05, 0) is 62.3 Å². The van der Waals surface area contributed by atoms with Gasteiger partial charge in [0.15, 0.2) is 0 Å². The Morgan fingerprint density at radius 1 is 0.968 bits per heavy atom. The monoisotopic (exact) mass is 414 g/mol. The van der Waals surface area contributed by atoms with Crippen molar-refractivity contribution in [3.8, 4) is 5.69 Å². The van der Waals surface area contributed by atoms with Gasteiger partial charge in [0.1, 0.15) is 5.82 Å². The van der Waals surface area contributed by atoms with Gasteiger partial charge in [0, 0.05) is 18.7 Å². The normalized spacial score (nSPS) is 19.5. The average Bonchev–Trinajstić information content (AvgIpc) is 3.00. The number of hydrogen-bond donors (Lipinski definition) is 1. The van der Waals surface area contributed by atoms with Crippen molar-refractivity contribution in [3.05, 3.63) is 77.0 Å². The number of piperidine rings is 1. The van der Waals surface area contributed by atoms with Gasteiger partial charge in [-0.15, -0.1) is 0 Å². The minimum absolute atomic E-state index is 0.401. The first kappa shape index (κ1) is 20.3. The molecule has 1 aromatic heterocycles. The van der Waals surface area contributed by atoms with E-state index in [2.05, 4.69) is 76.4 Å². The first-order valence-electron chi connectivity index (χ1n) is 12.1. The Balaban J connectivity index is 1.57. The molecule has 0 aliphatic carbocycles. The average molecular weight is 415 g/mol. The zero-order valence-corrected chi connectivity index (χ0v) is 18.7. The standard InChI is InChI=1S/C27H34N4/c1-2-22-14-6-7-16-24(22)31-27-23(15-8-10-18-28-27)26(29-31)25-17-9-11-19-30(25)20-21-12-4-3-5-13-21/h3-7,12-14,16,25,28H,2,8-11,15,17-20H2,1H3. The predicted molar refractivity (Wildman–Crippen MR) is 128 cm³/mol. The van der Waals surface area contributed by atoms with Crippen LogP contribution >= 0.6 is 0 Å². The van der Waals surface area contributed by atoms with E-state index in [1.165, 1.54) is 66.0 Å². The maximum Gasteiger partial charge on any atom is 0.133 e. The van der Waals surface area contributed by atoms with E-state index < -0.39 is 0 Å². The second-order valence-electron chi connectivity index (χ2n) is 8.96. The van der Waals surface area contributed by atoms with E-state index in [-0.39, 0.29) is 0 Å². The Bertz CT molecular complexity index is 1010. The Morgan fingerprint density at radius 2 is 1.81 bits per heavy atom. The van der Waals surface area contributed by atoms with Crippen LogP contribution in [0, 0.1) is 0 Å². The molecule has 31 heavy (non-hydrogen) atoms. The fourth-order valence-electron chi connectivity index (χ4n) is 5.30. The van der Waals surface area contributed by atoms with Crippen LogP contribution in [-0.2, 0) is 19.4 Å². The van der Waals surface area contributed by atoms with Crippen LogP contribution in [0.15, 0.2) is 54.6 Å². The molecule has 3 aromatic rings. The van der Waals surface area contributed by atoms with Gasteiger partial charge < -0.3 is 5.32 Å². The number of aryl methyl sites for hydroxylation is 1. The van der Waals surface area contributed by atoms with Crippen molar-refractivity contribution in [2.45, 2.75) is 64.5 Å². The molecular weight excluding hydrogens is 380 g/mol. The molecule has 4 nitrogen and oxygen atoms in total. The van der Waals surface area contributed by atoms with E-state index in [9.17, 15) is 0 Å². The predicted octanol–water partition coefficient (Wildman–Crippen LogP) is 5.91. The lowest BCUT2D eigenvalue weighted by atomic mass is 9.94. The van der Waals surface area contributed by atoms with Gasteiger partial charge in [-0.2, -0.15) is 5.10 Å². The fraction of sp³-hybridized carbons (Fsp3) is 0.444. The summed E-state index contributed by atoms with van der Waals surface area (Å²) in [5, 5.41) is 9.09. The number of anilines is 1. The summed E-state index contributed by atoms with van der Waals surface area (Å²) in [6.07, 6.45) is 8.37. The maximum atomic E-state index is 5.34. The summed E-state index contributed by atoms with van der Waals surface area (Å²) in [5.74, 6) is 1.23. The summed E-state index contributed by atoms with van der Waals surface area (Å²) >= 11 is 0. The van der Waals surface area contributed by atoms with Gasteiger partial charge in [-0.1, -0.05) is 61.9 Å². The molecule has 1 saturated heterocycles. The summed E-state index contributed by atoms with van der Waals surface area (Å²) in [7, 11) is 0. The number of para-hydroxylation sites is 1. The maximum absolute atomic E-state index is 5.34. The molecule has 1 fully saturated rings. The van der Waals surface area contributed by atoms with Crippen LogP contribution in [0.4, 0.5) is 5.82 Å². The summed E-state index contributed by atoms with van der Waals surface area (Å²) in [6.45, 7) is 5.43. The Hall–Kier alpha value is -2.59. The minimum Gasteiger partial charge on any atom is -0.370 e. The van der Waals surface area contributed by atoms with E-state index in [0.29, 0.717) is 6.04 Å². The molecule has 2 aliphatic rings. The summed E-state index contributed by atoms with van der Waals surface area (Å²) in [5.41, 5.74) is 6.75. The number of nitrogens with one attached hydrogen (secondary N) is 1. The Kier molecular flexibility index (Phi) is 6.08. The van der Waals surface area contributed by atoms with Gasteiger partial charge >= 0.3 is 0 Å². The molecule has 4 heteroatoms. The molecule has 162 valence electrons. The number of nitrogens with zero attached hydrogens (tertiary/aromatic N) is 3. The largest absolute Gasteiger partial charge is 0.370 e. The van der Waals surface area contributed by atoms with Gasteiger partial charge in [0.2, 0.25) is 0 Å². The van der Waals surface area contributed by atoms with Crippen molar-refractivity contribution >= 4 is 5.82 Å². The number of aromatic nitrogens is 2. The lowest BCUT2D eigenvalue weighted by Gasteiger charge is -2.35. The molecule has 1 atom stereocenters. The van der Waals surface area contributed by atoms with E-state index in [1.54, 1.807) is 0 Å². The molecule has 0 spiro atoms. The third-order valence-corrected chi connectivity index (χ3v) is 6.92. The highest BCUT2D eigenvalue weighted by Gasteiger charge is 2.31. The van der Waals surface area contributed by atoms with Gasteiger partial charge in [-0.3, -0.25) is 4.90 Å². The second-order valence-corrected chi connectivity index (χ2v) is 8.96. The van der Waals surface area contributed by atoms with E-state index >= 15 is 0 Å². The highest BCUT2D eigenvalue weighted by molar-refractivity contribution is 5.56. The van der Waals surface area contributed by atoms with Crippen molar-refractivity contribution in [1.29, 1.82) is 0 Å². The molecule has 5 rings (SSSR count). The van der Waals surface area contributed by atoms with Crippen LogP contribution in [0.2, 0.25) is 0 Å². The molecule has 0 bridgehead atoms. The highest BCUT2D eigenvalue weighted by atomic mass is 15.4. The van der Waals surface area contributed by atoms with E-state index in [1.807, 2.05) is 0 Å². The smallest absolute Gasteiger partial charge is 0.133 e. The van der Waals surface area contributed by atoms with Crippen molar-refractivity contribution < 1.29 is 0 Å². The van der Waals surface area contributed by atoms with Crippen molar-refractivity contribution in [2.75, 3.05) is 18.4 Å². The SMILES string of the molecule is CCc1ccccc1-n1nc(C2CCCCN2Cc2ccccc2)c2c1NCCCC2. The fourth-order valence-corrected chi connectivity index (χ4v) is 5.30. The Labute approximate surface area is 186 Å². The zero-order chi connectivity index (χ0) is 21.0. The van der Waals surface area contributed by atoms with Crippen molar-refractivity contribution in [3.63, 3.8) is 0 Å². The van der Waals surface area contributed by atoms with Crippen LogP contribution in [0.5, 0.6) is 0 Å². The molecular formula is C27H34N4. The zero-order valence-electron chi connectivity index (χ0n) is 18.7. The van der Waals surface area contributed by atoms with Crippen LogP contribution in [0.3, 0.4) is 0 Å². The van der Waals surface area contributed by atoms with Gasteiger partial charge in [-0.25, -0.2) is 4.68 Å². The van der Waals surface area contributed by atoms with Crippen LogP contribution in [-0.4, -0.2) is 27.8 Å². The molecule has 0 radical (unpaired) electrons. The Morgan fingerprint density at radius 3 is 2.68 bits per heavy atom. The quantitative estimate of drug-likeness (QED) is 0.563. The number of benzene rings is 2. The first-order chi connectivity index (χ1) is 15.3. The number of hydrogen-bond acceptors (Lipinski definition) is 3. The van der Waals surface area contributed by atoms with Gasteiger partial charge in [0.25, 0.3) is 0 Å². The lowest BCUT2D eigenvalue weighted by Crippen LogP contribution is -2.33. The van der Waals surface area contributed by atoms with E-state index in [0.717, 1.165) is 32.5 Å². The van der Waals surface area contributed by atoms with Crippen LogP contribution in [0.1, 0.15) is 67.5 Å². The molecule has 2 aliphatic heterocycles. The van der Waals surface area contributed by atoms with Crippen LogP contribution in [0.25, 0.3) is 5.69 Å². The lowest BCUT2D eigenvalue weighted by molar-refractivity contribution is 0.136. The van der Waals surface area contributed by atoms with E-state index in [4.69, 9.17) is 5.10 Å². The molecule has 3 heterocycles. The highest BCUT2D eigenvalue weighted by Crippen LogP contribution is 2.38. The molecule has 1 N–H and O–H groups in total. The number of likely N-dealkylation sites (tertiary alicyclic amines) is 1. The molecule has 2 aromatic carbocycles. The number of rotatable bonds is 5. The molecule has 0 saturated carbocycles. The summed E-state index contributed by atoms with van der Waals surface area (Å²) in [6, 6.07) is 20.1. The summed E-state index contributed by atoms with van der Waals surface area (Å²) < 4.78 is 2.23. The topological polar surface area (TPSA) is 33.1 Å². The second kappa shape index (κ2) is 9.27. The number of fused-ring (bicyclic) bond motifs is 1. The van der Waals surface area contributed by atoms with Crippen molar-refractivity contribution in [1.82, 2.24) is 14.7 Å². The van der Waals surface area contributed by atoms with Gasteiger partial charge in [0.05, 0.1) is 17.4 Å². The van der Waals surface area contributed by atoms with Crippen molar-refractivity contribution in [2.24, 2.45) is 0 Å². The first-order valence-corrected chi connectivity index (χ1v) is 12.1. The third-order valence-electron chi connectivity index (χ3n) is 6.92. The summed E-state index contributed by atoms with van der Waals surface area (Å²) in [4.78, 5) is 2.67. The minimum atomic E-state index is 0.401. The molecule has 0 amide bonds. The third kappa shape index (κ3) is 4.14.